The minimum Gasteiger partial charge on any atom is -0.481 e. The van der Waals surface area contributed by atoms with E-state index in [9.17, 15) is 9.59 Å². The van der Waals surface area contributed by atoms with Crippen molar-refractivity contribution in [3.63, 3.8) is 0 Å². The smallest absolute Gasteiger partial charge is 0.303 e. The molecule has 0 aliphatic rings. The summed E-state index contributed by atoms with van der Waals surface area (Å²) in [4.78, 5) is 21.7. The van der Waals surface area contributed by atoms with Crippen LogP contribution in [0.5, 0.6) is 0 Å². The lowest BCUT2D eigenvalue weighted by molar-refractivity contribution is -0.137. The van der Waals surface area contributed by atoms with Crippen LogP contribution in [0.3, 0.4) is 0 Å². The van der Waals surface area contributed by atoms with Crippen molar-refractivity contribution in [3.8, 4) is 0 Å². The second-order valence-electron chi connectivity index (χ2n) is 5.41. The van der Waals surface area contributed by atoms with Crippen LogP contribution in [0.2, 0.25) is 0 Å². The van der Waals surface area contributed by atoms with Crippen molar-refractivity contribution in [2.75, 3.05) is 0 Å². The highest BCUT2D eigenvalue weighted by molar-refractivity contribution is 5.90. The van der Waals surface area contributed by atoms with Crippen molar-refractivity contribution >= 4 is 11.8 Å². The zero-order valence-electron chi connectivity index (χ0n) is 14.2. The van der Waals surface area contributed by atoms with Gasteiger partial charge >= 0.3 is 5.97 Å². The highest BCUT2D eigenvalue weighted by Crippen LogP contribution is 2.01. The van der Waals surface area contributed by atoms with Crippen LogP contribution in [0.1, 0.15) is 64.7 Å². The summed E-state index contributed by atoms with van der Waals surface area (Å²) in [6.45, 7) is 2.21. The molecule has 0 bridgehead atoms. The van der Waals surface area contributed by atoms with Gasteiger partial charge in [-0.3, -0.25) is 9.59 Å². The second kappa shape index (κ2) is 16.5. The molecule has 0 fully saturated rings. The van der Waals surface area contributed by atoms with Gasteiger partial charge < -0.3 is 5.11 Å². The summed E-state index contributed by atoms with van der Waals surface area (Å²) in [5.41, 5.74) is 0. The number of carboxylic acids is 1. The first-order valence-corrected chi connectivity index (χ1v) is 8.54. The first-order chi connectivity index (χ1) is 11.2. The Hall–Kier alpha value is -1.90. The molecule has 0 heterocycles. The number of carboxylic acid groups (broad SMARTS) is 1. The molecule has 0 aromatic rings. The Morgan fingerprint density at radius 3 is 2.22 bits per heavy atom. The maximum atomic E-state index is 11.4. The van der Waals surface area contributed by atoms with E-state index in [1.54, 1.807) is 6.08 Å². The quantitative estimate of drug-likeness (QED) is 0.202. The molecule has 0 spiro atoms. The van der Waals surface area contributed by atoms with E-state index >= 15 is 0 Å². The van der Waals surface area contributed by atoms with Crippen molar-refractivity contribution < 1.29 is 14.7 Å². The van der Waals surface area contributed by atoms with Gasteiger partial charge in [-0.05, 0) is 38.2 Å². The molecule has 0 radical (unpaired) electrons. The molecule has 0 aromatic heterocycles. The summed E-state index contributed by atoms with van der Waals surface area (Å²) in [6, 6.07) is 0. The van der Waals surface area contributed by atoms with Crippen LogP contribution < -0.4 is 0 Å². The molecule has 0 amide bonds. The number of hydrogen-bond donors (Lipinski definition) is 1. The van der Waals surface area contributed by atoms with E-state index in [0.29, 0.717) is 12.8 Å². The monoisotopic (exact) mass is 318 g/mol. The van der Waals surface area contributed by atoms with Gasteiger partial charge in [0.05, 0.1) is 0 Å². The van der Waals surface area contributed by atoms with E-state index in [1.807, 2.05) is 12.2 Å². The molecule has 0 unspecified atom stereocenters. The standard InChI is InChI=1S/C20H30O3/c1-2-3-4-5-6-7-8-9-10-11-12-13-14-16-19(21)17-15-18-20(22)23/h6-7,9-10,12-14,16H,2-5,8,11,15,17-18H2,1H3,(H,22,23)/b7-6+,10-9+,13-12+,16-14+. The molecule has 0 saturated carbocycles. The zero-order chi connectivity index (χ0) is 17.2. The third-order valence-electron chi connectivity index (χ3n) is 3.20. The van der Waals surface area contributed by atoms with E-state index in [-0.39, 0.29) is 12.2 Å². The van der Waals surface area contributed by atoms with Gasteiger partial charge in [0.15, 0.2) is 5.78 Å². The zero-order valence-corrected chi connectivity index (χ0v) is 14.2. The maximum absolute atomic E-state index is 11.4. The van der Waals surface area contributed by atoms with E-state index < -0.39 is 5.97 Å². The third-order valence-corrected chi connectivity index (χ3v) is 3.20. The van der Waals surface area contributed by atoms with E-state index in [2.05, 4.69) is 31.2 Å². The van der Waals surface area contributed by atoms with E-state index in [1.165, 1.54) is 31.8 Å². The first-order valence-electron chi connectivity index (χ1n) is 8.54. The lowest BCUT2D eigenvalue weighted by Gasteiger charge is -1.92. The first kappa shape index (κ1) is 21.1. The van der Waals surface area contributed by atoms with Crippen LogP contribution in [0.25, 0.3) is 0 Å². The Balaban J connectivity index is 3.61. The fourth-order valence-electron chi connectivity index (χ4n) is 1.89. The number of carbonyl (C=O) groups excluding carboxylic acids is 1. The minimum absolute atomic E-state index is 0.0281. The fourth-order valence-corrected chi connectivity index (χ4v) is 1.89. The van der Waals surface area contributed by atoms with Crippen LogP contribution in [0, 0.1) is 0 Å². The second-order valence-corrected chi connectivity index (χ2v) is 5.41. The number of aliphatic carboxylic acids is 1. The number of unbranched alkanes of at least 4 members (excludes halogenated alkanes) is 3. The van der Waals surface area contributed by atoms with Gasteiger partial charge in [0, 0.05) is 12.8 Å². The predicted octanol–water partition coefficient (Wildman–Crippen LogP) is 5.40. The van der Waals surface area contributed by atoms with Crippen molar-refractivity contribution in [2.45, 2.75) is 64.7 Å². The van der Waals surface area contributed by atoms with Crippen molar-refractivity contribution in [1.29, 1.82) is 0 Å². The molecule has 23 heavy (non-hydrogen) atoms. The topological polar surface area (TPSA) is 54.4 Å². The summed E-state index contributed by atoms with van der Waals surface area (Å²) in [5, 5.41) is 8.47. The average molecular weight is 318 g/mol. The van der Waals surface area contributed by atoms with Crippen molar-refractivity contribution in [2.24, 2.45) is 0 Å². The number of hydrogen-bond acceptors (Lipinski definition) is 2. The third kappa shape index (κ3) is 18.1. The van der Waals surface area contributed by atoms with Gasteiger partial charge in [0.2, 0.25) is 0 Å². The molecule has 0 aliphatic heterocycles. The number of ketones is 1. The van der Waals surface area contributed by atoms with Gasteiger partial charge in [0.1, 0.15) is 0 Å². The Bertz CT molecular complexity index is 428. The van der Waals surface area contributed by atoms with E-state index in [0.717, 1.165) is 12.8 Å². The Labute approximate surface area is 140 Å². The van der Waals surface area contributed by atoms with Gasteiger partial charge in [0.25, 0.3) is 0 Å². The number of allylic oxidation sites excluding steroid dienone is 8. The maximum Gasteiger partial charge on any atom is 0.303 e. The van der Waals surface area contributed by atoms with Gasteiger partial charge in [-0.2, -0.15) is 0 Å². The molecular formula is C20H30O3. The molecule has 0 saturated heterocycles. The lowest BCUT2D eigenvalue weighted by Crippen LogP contribution is -1.97. The normalized spacial score (nSPS) is 12.2. The van der Waals surface area contributed by atoms with Crippen LogP contribution in [0.15, 0.2) is 48.6 Å². The largest absolute Gasteiger partial charge is 0.481 e. The van der Waals surface area contributed by atoms with Crippen LogP contribution in [-0.2, 0) is 9.59 Å². The number of rotatable bonds is 14. The fraction of sp³-hybridized carbons (Fsp3) is 0.500. The summed E-state index contributed by atoms with van der Waals surface area (Å²) in [6.07, 6.45) is 23.3. The molecule has 0 aromatic carbocycles. The molecule has 0 atom stereocenters. The Kier molecular flexibility index (Phi) is 15.1. The summed E-state index contributed by atoms with van der Waals surface area (Å²) in [7, 11) is 0. The molecule has 3 heteroatoms. The SMILES string of the molecule is CCCCC/C=C/C/C=C/C/C=C/C=C/C(=O)CCCC(=O)O. The molecule has 3 nitrogen and oxygen atoms in total. The van der Waals surface area contributed by atoms with Crippen molar-refractivity contribution in [1.82, 2.24) is 0 Å². The lowest BCUT2D eigenvalue weighted by atomic mass is 10.1. The highest BCUT2D eigenvalue weighted by atomic mass is 16.4. The molecule has 0 rings (SSSR count). The van der Waals surface area contributed by atoms with Crippen LogP contribution in [0.4, 0.5) is 0 Å². The Morgan fingerprint density at radius 1 is 0.826 bits per heavy atom. The molecule has 0 aliphatic carbocycles. The molecule has 1 N–H and O–H groups in total. The average Bonchev–Trinajstić information content (AvgIpc) is 2.51. The van der Waals surface area contributed by atoms with Gasteiger partial charge in [-0.1, -0.05) is 62.3 Å². The predicted molar refractivity (Wildman–Crippen MR) is 96.4 cm³/mol. The highest BCUT2D eigenvalue weighted by Gasteiger charge is 1.99. The van der Waals surface area contributed by atoms with Gasteiger partial charge in [-0.25, -0.2) is 0 Å². The van der Waals surface area contributed by atoms with Gasteiger partial charge in [-0.15, -0.1) is 0 Å². The van der Waals surface area contributed by atoms with E-state index in [4.69, 9.17) is 5.11 Å². The van der Waals surface area contributed by atoms with Crippen LogP contribution in [-0.4, -0.2) is 16.9 Å². The molecule has 128 valence electrons. The number of carbonyl (C=O) groups is 2. The Morgan fingerprint density at radius 2 is 1.52 bits per heavy atom. The molecular weight excluding hydrogens is 288 g/mol. The summed E-state index contributed by atoms with van der Waals surface area (Å²) < 4.78 is 0. The van der Waals surface area contributed by atoms with Crippen molar-refractivity contribution in [3.05, 3.63) is 48.6 Å². The summed E-state index contributed by atoms with van der Waals surface area (Å²) in [5.74, 6) is -0.885. The van der Waals surface area contributed by atoms with Crippen LogP contribution >= 0.6 is 0 Å². The minimum atomic E-state index is -0.857. The summed E-state index contributed by atoms with van der Waals surface area (Å²) >= 11 is 0.